The zero-order valence-corrected chi connectivity index (χ0v) is 13.3. The Morgan fingerprint density at radius 3 is 2.64 bits per heavy atom. The Bertz CT molecular complexity index is 537. The van der Waals surface area contributed by atoms with Gasteiger partial charge in [-0.3, -0.25) is 9.59 Å². The predicted octanol–water partition coefficient (Wildman–Crippen LogP) is 3.00. The summed E-state index contributed by atoms with van der Waals surface area (Å²) >= 11 is 5.89. The highest BCUT2D eigenvalue weighted by atomic mass is 35.5. The van der Waals surface area contributed by atoms with E-state index in [0.717, 1.165) is 6.42 Å². The van der Waals surface area contributed by atoms with Gasteiger partial charge in [0.25, 0.3) is 5.91 Å². The summed E-state index contributed by atoms with van der Waals surface area (Å²) in [5.74, 6) is -0.966. The molecule has 1 heterocycles. The average Bonchev–Trinajstić information content (AvgIpc) is 2.48. The van der Waals surface area contributed by atoms with Gasteiger partial charge in [-0.1, -0.05) is 24.6 Å². The molecule has 0 bridgehead atoms. The van der Waals surface area contributed by atoms with Gasteiger partial charge in [0.05, 0.1) is 10.6 Å². The van der Waals surface area contributed by atoms with Crippen molar-refractivity contribution < 1.29 is 14.0 Å². The van der Waals surface area contributed by atoms with E-state index >= 15 is 0 Å². The highest BCUT2D eigenvalue weighted by Crippen LogP contribution is 2.20. The van der Waals surface area contributed by atoms with Crippen molar-refractivity contribution in [3.63, 3.8) is 0 Å². The molecule has 0 aliphatic carbocycles. The summed E-state index contributed by atoms with van der Waals surface area (Å²) in [5.41, 5.74) is -0.117. The molecule has 0 saturated carbocycles. The molecule has 0 unspecified atom stereocenters. The molecule has 1 aliphatic rings. The number of nitrogens with one attached hydrogen (secondary N) is 1. The molecule has 0 aromatic heterocycles. The second-order valence-corrected chi connectivity index (χ2v) is 5.88. The SMILES string of the molecule is CCCC(=O)N1CCC(NC(=O)c2c(F)cccc2Cl)CC1. The Morgan fingerprint density at radius 2 is 2.05 bits per heavy atom. The maximum absolute atomic E-state index is 13.7. The highest BCUT2D eigenvalue weighted by Gasteiger charge is 2.25. The van der Waals surface area contributed by atoms with Crippen LogP contribution in [-0.4, -0.2) is 35.8 Å². The zero-order chi connectivity index (χ0) is 16.1. The number of benzene rings is 1. The molecule has 2 rings (SSSR count). The second-order valence-electron chi connectivity index (χ2n) is 5.48. The molecule has 1 fully saturated rings. The molecule has 0 atom stereocenters. The number of amides is 2. The van der Waals surface area contributed by atoms with E-state index in [9.17, 15) is 14.0 Å². The number of carbonyl (C=O) groups excluding carboxylic acids is 2. The molecule has 22 heavy (non-hydrogen) atoms. The minimum absolute atomic E-state index is 0.0613. The molecule has 1 N–H and O–H groups in total. The lowest BCUT2D eigenvalue weighted by Crippen LogP contribution is -2.46. The predicted molar refractivity (Wildman–Crippen MR) is 83.4 cm³/mol. The summed E-state index contributed by atoms with van der Waals surface area (Å²) in [5, 5.41) is 2.91. The molecular formula is C16H20ClFN2O2. The van der Waals surface area contributed by atoms with Crippen LogP contribution < -0.4 is 5.32 Å². The summed E-state index contributed by atoms with van der Waals surface area (Å²) in [7, 11) is 0. The Labute approximate surface area is 134 Å². The van der Waals surface area contributed by atoms with Gasteiger partial charge in [-0.2, -0.15) is 0 Å². The molecule has 0 spiro atoms. The first-order chi connectivity index (χ1) is 10.5. The lowest BCUT2D eigenvalue weighted by atomic mass is 10.0. The molecule has 6 heteroatoms. The molecule has 1 aromatic rings. The third-order valence-electron chi connectivity index (χ3n) is 3.84. The molecule has 1 aromatic carbocycles. The van der Waals surface area contributed by atoms with Gasteiger partial charge in [0.15, 0.2) is 0 Å². The number of hydrogen-bond acceptors (Lipinski definition) is 2. The fourth-order valence-corrected chi connectivity index (χ4v) is 2.87. The van der Waals surface area contributed by atoms with Crippen molar-refractivity contribution in [2.75, 3.05) is 13.1 Å². The van der Waals surface area contributed by atoms with Crippen LogP contribution in [0.5, 0.6) is 0 Å². The Morgan fingerprint density at radius 1 is 1.36 bits per heavy atom. The van der Waals surface area contributed by atoms with Crippen LogP contribution in [0.1, 0.15) is 43.0 Å². The number of nitrogens with zero attached hydrogens (tertiary/aromatic N) is 1. The quantitative estimate of drug-likeness (QED) is 0.924. The standard InChI is InChI=1S/C16H20ClFN2O2/c1-2-4-14(21)20-9-7-11(8-10-20)19-16(22)15-12(17)5-3-6-13(15)18/h3,5-6,11H,2,4,7-10H2,1H3,(H,19,22). The lowest BCUT2D eigenvalue weighted by molar-refractivity contribution is -0.132. The van der Waals surface area contributed by atoms with E-state index in [1.54, 1.807) is 0 Å². The first kappa shape index (κ1) is 16.7. The summed E-state index contributed by atoms with van der Waals surface area (Å²) < 4.78 is 13.7. The van der Waals surface area contributed by atoms with Gasteiger partial charge in [-0.15, -0.1) is 0 Å². The summed E-state index contributed by atoms with van der Waals surface area (Å²) in [4.78, 5) is 25.8. The molecular weight excluding hydrogens is 307 g/mol. The van der Waals surface area contributed by atoms with Crippen LogP contribution in [0.15, 0.2) is 18.2 Å². The maximum atomic E-state index is 13.7. The fraction of sp³-hybridized carbons (Fsp3) is 0.500. The third kappa shape index (κ3) is 3.97. The second kappa shape index (κ2) is 7.58. The van der Waals surface area contributed by atoms with Crippen LogP contribution >= 0.6 is 11.6 Å². The van der Waals surface area contributed by atoms with E-state index < -0.39 is 11.7 Å². The van der Waals surface area contributed by atoms with E-state index in [-0.39, 0.29) is 22.5 Å². The van der Waals surface area contributed by atoms with Gasteiger partial charge in [0.1, 0.15) is 5.82 Å². The maximum Gasteiger partial charge on any atom is 0.255 e. The van der Waals surface area contributed by atoms with Crippen molar-refractivity contribution in [3.05, 3.63) is 34.6 Å². The molecule has 1 aliphatic heterocycles. The monoisotopic (exact) mass is 326 g/mol. The number of likely N-dealkylation sites (tertiary alicyclic amines) is 1. The first-order valence-corrected chi connectivity index (χ1v) is 7.93. The molecule has 1 saturated heterocycles. The largest absolute Gasteiger partial charge is 0.349 e. The zero-order valence-electron chi connectivity index (χ0n) is 12.6. The summed E-state index contributed by atoms with van der Waals surface area (Å²) in [6.45, 7) is 3.21. The van der Waals surface area contributed by atoms with Gasteiger partial charge in [0.2, 0.25) is 5.91 Å². The minimum atomic E-state index is -0.624. The summed E-state index contributed by atoms with van der Waals surface area (Å²) in [6.07, 6.45) is 2.74. The fourth-order valence-electron chi connectivity index (χ4n) is 2.62. The van der Waals surface area contributed by atoms with Crippen LogP contribution in [0.4, 0.5) is 4.39 Å². The van der Waals surface area contributed by atoms with E-state index in [4.69, 9.17) is 11.6 Å². The van der Waals surface area contributed by atoms with E-state index in [1.165, 1.54) is 18.2 Å². The van der Waals surface area contributed by atoms with Crippen molar-refractivity contribution in [2.24, 2.45) is 0 Å². The van der Waals surface area contributed by atoms with Gasteiger partial charge >= 0.3 is 0 Å². The third-order valence-corrected chi connectivity index (χ3v) is 4.15. The van der Waals surface area contributed by atoms with E-state index in [1.807, 2.05) is 11.8 Å². The van der Waals surface area contributed by atoms with Gasteiger partial charge in [-0.05, 0) is 31.4 Å². The minimum Gasteiger partial charge on any atom is -0.349 e. The Hall–Kier alpha value is -1.62. The lowest BCUT2D eigenvalue weighted by Gasteiger charge is -2.32. The van der Waals surface area contributed by atoms with Gasteiger partial charge in [-0.25, -0.2) is 4.39 Å². The number of carbonyl (C=O) groups is 2. The first-order valence-electron chi connectivity index (χ1n) is 7.55. The van der Waals surface area contributed by atoms with Crippen molar-refractivity contribution in [3.8, 4) is 0 Å². The number of halogens is 2. The van der Waals surface area contributed by atoms with E-state index in [2.05, 4.69) is 5.32 Å². The normalized spacial score (nSPS) is 15.7. The molecule has 120 valence electrons. The molecule has 4 nitrogen and oxygen atoms in total. The molecule has 0 radical (unpaired) electrons. The van der Waals surface area contributed by atoms with Crippen molar-refractivity contribution >= 4 is 23.4 Å². The Kier molecular flexibility index (Phi) is 5.77. The van der Waals surface area contributed by atoms with Crippen LogP contribution in [0.25, 0.3) is 0 Å². The van der Waals surface area contributed by atoms with E-state index in [0.29, 0.717) is 32.4 Å². The number of piperidine rings is 1. The van der Waals surface area contributed by atoms with Crippen LogP contribution in [0.3, 0.4) is 0 Å². The van der Waals surface area contributed by atoms with Crippen molar-refractivity contribution in [1.29, 1.82) is 0 Å². The van der Waals surface area contributed by atoms with Gasteiger partial charge in [0, 0.05) is 25.6 Å². The van der Waals surface area contributed by atoms with Crippen LogP contribution in [-0.2, 0) is 4.79 Å². The van der Waals surface area contributed by atoms with Crippen LogP contribution in [0, 0.1) is 5.82 Å². The Balaban J connectivity index is 1.91. The van der Waals surface area contributed by atoms with Crippen LogP contribution in [0.2, 0.25) is 5.02 Å². The number of hydrogen-bond donors (Lipinski definition) is 1. The highest BCUT2D eigenvalue weighted by molar-refractivity contribution is 6.33. The smallest absolute Gasteiger partial charge is 0.255 e. The van der Waals surface area contributed by atoms with Gasteiger partial charge < -0.3 is 10.2 Å². The molecule has 2 amide bonds. The van der Waals surface area contributed by atoms with Crippen molar-refractivity contribution in [2.45, 2.75) is 38.6 Å². The topological polar surface area (TPSA) is 49.4 Å². The number of rotatable bonds is 4. The average molecular weight is 327 g/mol. The summed E-state index contributed by atoms with van der Waals surface area (Å²) in [6, 6.07) is 4.11. The van der Waals surface area contributed by atoms with Crippen molar-refractivity contribution in [1.82, 2.24) is 10.2 Å².